The third-order valence-corrected chi connectivity index (χ3v) is 2.03. The minimum Gasteiger partial charge on any atom is -0.312 e. The number of nitrogens with one attached hydrogen (secondary N) is 3. The molecular formula is C11H12N4O. The van der Waals surface area contributed by atoms with Gasteiger partial charge < -0.3 is 10.6 Å². The van der Waals surface area contributed by atoms with Gasteiger partial charge in [-0.3, -0.25) is 5.10 Å². The Hall–Kier alpha value is -2.30. The molecule has 0 atom stereocenters. The Morgan fingerprint density at radius 1 is 1.50 bits per heavy atom. The summed E-state index contributed by atoms with van der Waals surface area (Å²) < 4.78 is 0. The van der Waals surface area contributed by atoms with E-state index in [1.54, 1.807) is 13.1 Å². The van der Waals surface area contributed by atoms with Crippen molar-refractivity contribution in [3.63, 3.8) is 0 Å². The number of carbonyl (C=O) groups excluding carboxylic acids is 1. The van der Waals surface area contributed by atoms with Crippen LogP contribution in [0.1, 0.15) is 6.92 Å². The fourth-order valence-electron chi connectivity index (χ4n) is 1.37. The van der Waals surface area contributed by atoms with Crippen molar-refractivity contribution in [3.8, 4) is 0 Å². The maximum absolute atomic E-state index is 11.4. The molecule has 5 nitrogen and oxygen atoms in total. The third kappa shape index (κ3) is 2.20. The molecule has 0 aliphatic rings. The number of nitrogens with zero attached hydrogens (tertiary/aromatic N) is 1. The monoisotopic (exact) mass is 216 g/mol. The van der Waals surface area contributed by atoms with Crippen molar-refractivity contribution in [2.75, 3.05) is 5.32 Å². The van der Waals surface area contributed by atoms with E-state index in [2.05, 4.69) is 27.4 Å². The summed E-state index contributed by atoms with van der Waals surface area (Å²) in [7, 11) is 0. The molecule has 0 spiro atoms. The van der Waals surface area contributed by atoms with E-state index in [1.165, 1.54) is 0 Å². The molecule has 1 aromatic carbocycles. The van der Waals surface area contributed by atoms with E-state index in [1.807, 2.05) is 18.2 Å². The maximum Gasteiger partial charge on any atom is 0.323 e. The zero-order valence-electron chi connectivity index (χ0n) is 8.87. The number of amides is 2. The molecule has 1 aromatic heterocycles. The summed E-state index contributed by atoms with van der Waals surface area (Å²) in [6.07, 6.45) is 1.73. The van der Waals surface area contributed by atoms with E-state index in [0.717, 1.165) is 10.9 Å². The lowest BCUT2D eigenvalue weighted by atomic mass is 10.2. The molecule has 16 heavy (non-hydrogen) atoms. The highest BCUT2D eigenvalue weighted by Gasteiger charge is 2.02. The Morgan fingerprint density at radius 2 is 2.31 bits per heavy atom. The molecular weight excluding hydrogens is 204 g/mol. The van der Waals surface area contributed by atoms with Gasteiger partial charge in [0, 0.05) is 16.8 Å². The van der Waals surface area contributed by atoms with Crippen molar-refractivity contribution in [3.05, 3.63) is 36.7 Å². The van der Waals surface area contributed by atoms with Crippen LogP contribution in [-0.4, -0.2) is 16.2 Å². The average molecular weight is 216 g/mol. The molecule has 0 aliphatic carbocycles. The summed E-state index contributed by atoms with van der Waals surface area (Å²) in [5.41, 5.74) is 2.18. The SMILES string of the molecule is C=C(C)NC(=O)Nc1ccc2cn[nH]c2c1. The van der Waals surface area contributed by atoms with Gasteiger partial charge in [0.05, 0.1) is 11.7 Å². The normalized spacial score (nSPS) is 10.1. The van der Waals surface area contributed by atoms with Crippen molar-refractivity contribution in [2.45, 2.75) is 6.92 Å². The largest absolute Gasteiger partial charge is 0.323 e. The Bertz CT molecular complexity index is 544. The number of anilines is 1. The average Bonchev–Trinajstić information content (AvgIpc) is 2.63. The van der Waals surface area contributed by atoms with Crippen LogP contribution < -0.4 is 10.6 Å². The van der Waals surface area contributed by atoms with Crippen LogP contribution in [0.15, 0.2) is 36.7 Å². The van der Waals surface area contributed by atoms with E-state index in [4.69, 9.17) is 0 Å². The summed E-state index contributed by atoms with van der Waals surface area (Å²) in [5.74, 6) is 0. The number of aromatic nitrogens is 2. The number of H-pyrrole nitrogens is 1. The van der Waals surface area contributed by atoms with Crippen LogP contribution >= 0.6 is 0 Å². The number of rotatable bonds is 2. The van der Waals surface area contributed by atoms with Gasteiger partial charge in [0.2, 0.25) is 0 Å². The molecule has 3 N–H and O–H groups in total. The Labute approximate surface area is 92.5 Å². The Kier molecular flexibility index (Phi) is 2.59. The van der Waals surface area contributed by atoms with Crippen molar-refractivity contribution in [1.82, 2.24) is 15.5 Å². The fraction of sp³-hybridized carbons (Fsp3) is 0.0909. The lowest BCUT2D eigenvalue weighted by Gasteiger charge is -2.06. The first kappa shape index (κ1) is 10.2. The lowest BCUT2D eigenvalue weighted by Crippen LogP contribution is -2.26. The molecule has 0 radical (unpaired) electrons. The van der Waals surface area contributed by atoms with E-state index in [-0.39, 0.29) is 6.03 Å². The van der Waals surface area contributed by atoms with Gasteiger partial charge in [-0.05, 0) is 25.1 Å². The summed E-state index contributed by atoms with van der Waals surface area (Å²) in [6, 6.07) is 5.22. The van der Waals surface area contributed by atoms with Crippen molar-refractivity contribution in [2.24, 2.45) is 0 Å². The van der Waals surface area contributed by atoms with Crippen LogP contribution in [0.3, 0.4) is 0 Å². The van der Waals surface area contributed by atoms with Gasteiger partial charge in [-0.1, -0.05) is 6.58 Å². The van der Waals surface area contributed by atoms with Gasteiger partial charge in [-0.15, -0.1) is 0 Å². The number of hydrogen-bond donors (Lipinski definition) is 3. The highest BCUT2D eigenvalue weighted by molar-refractivity contribution is 5.93. The second kappa shape index (κ2) is 4.06. The minimum atomic E-state index is -0.300. The first-order valence-corrected chi connectivity index (χ1v) is 4.82. The summed E-state index contributed by atoms with van der Waals surface area (Å²) >= 11 is 0. The zero-order valence-corrected chi connectivity index (χ0v) is 8.87. The number of aromatic amines is 1. The molecule has 0 aliphatic heterocycles. The third-order valence-electron chi connectivity index (χ3n) is 2.03. The molecule has 2 aromatic rings. The van der Waals surface area contributed by atoms with Gasteiger partial charge in [0.25, 0.3) is 0 Å². The van der Waals surface area contributed by atoms with Crippen LogP contribution in [0.25, 0.3) is 10.9 Å². The molecule has 0 saturated heterocycles. The van der Waals surface area contributed by atoms with E-state index >= 15 is 0 Å². The predicted octanol–water partition coefficient (Wildman–Crippen LogP) is 2.22. The van der Waals surface area contributed by atoms with E-state index in [0.29, 0.717) is 11.4 Å². The topological polar surface area (TPSA) is 69.8 Å². The van der Waals surface area contributed by atoms with Crippen LogP contribution in [0.4, 0.5) is 10.5 Å². The summed E-state index contributed by atoms with van der Waals surface area (Å²) in [5, 5.41) is 13.0. The molecule has 1 heterocycles. The van der Waals surface area contributed by atoms with Gasteiger partial charge in [0.15, 0.2) is 0 Å². The first-order valence-electron chi connectivity index (χ1n) is 4.82. The van der Waals surface area contributed by atoms with Crippen LogP contribution in [0, 0.1) is 0 Å². The second-order valence-corrected chi connectivity index (χ2v) is 3.53. The van der Waals surface area contributed by atoms with Crippen molar-refractivity contribution >= 4 is 22.6 Å². The smallest absolute Gasteiger partial charge is 0.312 e. The number of hydrogen-bond acceptors (Lipinski definition) is 2. The molecule has 2 rings (SSSR count). The summed E-state index contributed by atoms with van der Waals surface area (Å²) in [6.45, 7) is 5.31. The standard InChI is InChI=1S/C11H12N4O/c1-7(2)13-11(16)14-9-4-3-8-6-12-15-10(8)5-9/h3-6H,1H2,2H3,(H,12,15)(H2,13,14,16). The van der Waals surface area contributed by atoms with Gasteiger partial charge >= 0.3 is 6.03 Å². The minimum absolute atomic E-state index is 0.300. The molecule has 0 fully saturated rings. The summed E-state index contributed by atoms with van der Waals surface area (Å²) in [4.78, 5) is 11.4. The fourth-order valence-corrected chi connectivity index (χ4v) is 1.37. The van der Waals surface area contributed by atoms with Crippen LogP contribution in [-0.2, 0) is 0 Å². The maximum atomic E-state index is 11.4. The Morgan fingerprint density at radius 3 is 3.06 bits per heavy atom. The molecule has 82 valence electrons. The lowest BCUT2D eigenvalue weighted by molar-refractivity contribution is 0.254. The van der Waals surface area contributed by atoms with Gasteiger partial charge in [-0.2, -0.15) is 5.10 Å². The number of allylic oxidation sites excluding steroid dienone is 1. The van der Waals surface area contributed by atoms with Gasteiger partial charge in [-0.25, -0.2) is 4.79 Å². The molecule has 0 bridgehead atoms. The highest BCUT2D eigenvalue weighted by Crippen LogP contribution is 2.16. The van der Waals surface area contributed by atoms with Crippen LogP contribution in [0.2, 0.25) is 0 Å². The number of fused-ring (bicyclic) bond motifs is 1. The Balaban J connectivity index is 2.14. The molecule has 0 saturated carbocycles. The molecule has 0 unspecified atom stereocenters. The van der Waals surface area contributed by atoms with E-state index < -0.39 is 0 Å². The first-order chi connectivity index (χ1) is 7.65. The van der Waals surface area contributed by atoms with Crippen LogP contribution in [0.5, 0.6) is 0 Å². The molecule has 2 amide bonds. The number of carbonyl (C=O) groups is 1. The van der Waals surface area contributed by atoms with E-state index in [9.17, 15) is 4.79 Å². The predicted molar refractivity (Wildman–Crippen MR) is 63.1 cm³/mol. The number of urea groups is 1. The van der Waals surface area contributed by atoms with Gasteiger partial charge in [0.1, 0.15) is 0 Å². The quantitative estimate of drug-likeness (QED) is 0.720. The highest BCUT2D eigenvalue weighted by atomic mass is 16.2. The second-order valence-electron chi connectivity index (χ2n) is 3.53. The number of benzene rings is 1. The zero-order chi connectivity index (χ0) is 11.5. The molecule has 5 heteroatoms. The van der Waals surface area contributed by atoms with Crippen molar-refractivity contribution in [1.29, 1.82) is 0 Å². The van der Waals surface area contributed by atoms with Crippen molar-refractivity contribution < 1.29 is 4.79 Å².